The van der Waals surface area contributed by atoms with E-state index in [1.54, 1.807) is 7.11 Å². The summed E-state index contributed by atoms with van der Waals surface area (Å²) in [6, 6.07) is 15.9. The smallest absolute Gasteiger partial charge is 0.260 e. The maximum Gasteiger partial charge on any atom is 0.260 e. The molecule has 2 heterocycles. The van der Waals surface area contributed by atoms with Crippen LogP contribution in [0.1, 0.15) is 16.7 Å². The highest BCUT2D eigenvalue weighted by Gasteiger charge is 2.23. The van der Waals surface area contributed by atoms with Crippen LogP contribution in [0.5, 0.6) is 11.5 Å². The molecular weight excluding hydrogens is 416 g/mol. The highest BCUT2D eigenvalue weighted by Crippen LogP contribution is 2.25. The minimum atomic E-state index is 0.00922. The van der Waals surface area contributed by atoms with Crippen LogP contribution in [0.3, 0.4) is 0 Å². The second kappa shape index (κ2) is 9.90. The number of carbonyl (C=O) groups excluding carboxylic acids is 1. The average molecular weight is 447 g/mol. The summed E-state index contributed by atoms with van der Waals surface area (Å²) in [6.45, 7) is 8.84. The van der Waals surface area contributed by atoms with E-state index in [0.29, 0.717) is 26.2 Å². The minimum absolute atomic E-state index is 0.00922. The number of methoxy groups -OCH3 is 1. The Morgan fingerprint density at radius 1 is 0.909 bits per heavy atom. The molecule has 0 unspecified atom stereocenters. The highest BCUT2D eigenvalue weighted by atomic mass is 16.5. The lowest BCUT2D eigenvalue weighted by Gasteiger charge is -2.35. The van der Waals surface area contributed by atoms with Gasteiger partial charge in [-0.05, 0) is 68.3 Å². The average Bonchev–Trinajstić information content (AvgIpc) is 2.83. The fourth-order valence-electron chi connectivity index (χ4n) is 4.21. The molecule has 33 heavy (non-hydrogen) atoms. The molecule has 1 fully saturated rings. The molecule has 172 valence electrons. The molecule has 2 aromatic carbocycles. The molecule has 3 aromatic rings. The van der Waals surface area contributed by atoms with Gasteiger partial charge in [0.2, 0.25) is 0 Å². The number of carbonyl (C=O) groups is 1. The van der Waals surface area contributed by atoms with Crippen LogP contribution in [-0.4, -0.2) is 60.9 Å². The summed E-state index contributed by atoms with van der Waals surface area (Å²) < 4.78 is 11.1. The Balaban J connectivity index is 1.30. The van der Waals surface area contributed by atoms with E-state index in [1.807, 2.05) is 55.1 Å². The first-order valence-corrected chi connectivity index (χ1v) is 11.2. The Labute approximate surface area is 195 Å². The Kier molecular flexibility index (Phi) is 6.77. The predicted octanol–water partition coefficient (Wildman–Crippen LogP) is 3.81. The van der Waals surface area contributed by atoms with Crippen LogP contribution in [-0.2, 0) is 4.79 Å². The fraction of sp³-hybridized carbons (Fsp3) is 0.346. The molecule has 0 saturated carbocycles. The number of hydrogen-bond donors (Lipinski definition) is 0. The molecule has 0 aliphatic carbocycles. The molecule has 0 N–H and O–H groups in total. The van der Waals surface area contributed by atoms with Gasteiger partial charge in [0.15, 0.2) is 12.4 Å². The third-order valence-electron chi connectivity index (χ3n) is 5.94. The van der Waals surface area contributed by atoms with Crippen molar-refractivity contribution in [1.82, 2.24) is 15.1 Å². The zero-order chi connectivity index (χ0) is 23.4. The largest absolute Gasteiger partial charge is 0.497 e. The Bertz CT molecular complexity index is 1080. The van der Waals surface area contributed by atoms with Gasteiger partial charge >= 0.3 is 0 Å². The number of piperazine rings is 1. The first-order chi connectivity index (χ1) is 15.9. The number of benzene rings is 2. The minimum Gasteiger partial charge on any atom is -0.497 e. The standard InChI is InChI=1S/C26H30N4O3/c1-18-15-19(2)26(20(3)16-18)33-17-25(31)30-13-11-29(12-14-30)24-10-9-23(27-28-24)21-5-7-22(32-4)8-6-21/h5-10,15-16H,11-14,17H2,1-4H3. The maximum absolute atomic E-state index is 12.7. The summed E-state index contributed by atoms with van der Waals surface area (Å²) in [5.41, 5.74) is 5.11. The van der Waals surface area contributed by atoms with E-state index in [1.165, 1.54) is 5.56 Å². The van der Waals surface area contributed by atoms with Crippen molar-refractivity contribution >= 4 is 11.7 Å². The number of aryl methyl sites for hydroxylation is 3. The van der Waals surface area contributed by atoms with Crippen molar-refractivity contribution < 1.29 is 14.3 Å². The molecule has 7 heteroatoms. The van der Waals surface area contributed by atoms with Gasteiger partial charge in [0.25, 0.3) is 5.91 Å². The van der Waals surface area contributed by atoms with E-state index in [0.717, 1.165) is 39.7 Å². The second-order valence-electron chi connectivity index (χ2n) is 8.39. The van der Waals surface area contributed by atoms with Crippen LogP contribution in [0.4, 0.5) is 5.82 Å². The summed E-state index contributed by atoms with van der Waals surface area (Å²) >= 11 is 0. The van der Waals surface area contributed by atoms with Gasteiger partial charge in [-0.15, -0.1) is 10.2 Å². The highest BCUT2D eigenvalue weighted by molar-refractivity contribution is 5.78. The molecule has 1 saturated heterocycles. The summed E-state index contributed by atoms with van der Waals surface area (Å²) in [7, 11) is 1.65. The summed E-state index contributed by atoms with van der Waals surface area (Å²) in [6.07, 6.45) is 0. The van der Waals surface area contributed by atoms with Crippen molar-refractivity contribution in [1.29, 1.82) is 0 Å². The fourth-order valence-corrected chi connectivity index (χ4v) is 4.21. The van der Waals surface area contributed by atoms with Crippen LogP contribution in [0.2, 0.25) is 0 Å². The van der Waals surface area contributed by atoms with Crippen LogP contribution in [0, 0.1) is 20.8 Å². The van der Waals surface area contributed by atoms with Gasteiger partial charge in [-0.3, -0.25) is 4.79 Å². The van der Waals surface area contributed by atoms with Gasteiger partial charge in [-0.2, -0.15) is 0 Å². The molecule has 0 spiro atoms. The molecular formula is C26H30N4O3. The van der Waals surface area contributed by atoms with E-state index >= 15 is 0 Å². The molecule has 4 rings (SSSR count). The van der Waals surface area contributed by atoms with Crippen molar-refractivity contribution in [2.24, 2.45) is 0 Å². The van der Waals surface area contributed by atoms with Crippen LogP contribution in [0.15, 0.2) is 48.5 Å². The van der Waals surface area contributed by atoms with E-state index in [2.05, 4.69) is 34.2 Å². The number of aromatic nitrogens is 2. The lowest BCUT2D eigenvalue weighted by Crippen LogP contribution is -2.50. The van der Waals surface area contributed by atoms with Gasteiger partial charge in [0.1, 0.15) is 11.5 Å². The monoisotopic (exact) mass is 446 g/mol. The van der Waals surface area contributed by atoms with Crippen molar-refractivity contribution in [3.05, 3.63) is 65.2 Å². The number of anilines is 1. The number of rotatable bonds is 6. The third-order valence-corrected chi connectivity index (χ3v) is 5.94. The Morgan fingerprint density at radius 3 is 2.15 bits per heavy atom. The maximum atomic E-state index is 12.7. The van der Waals surface area contributed by atoms with Crippen LogP contribution < -0.4 is 14.4 Å². The third kappa shape index (κ3) is 5.25. The second-order valence-corrected chi connectivity index (χ2v) is 8.39. The number of nitrogens with zero attached hydrogens (tertiary/aromatic N) is 4. The number of ether oxygens (including phenoxy) is 2. The van der Waals surface area contributed by atoms with E-state index in [-0.39, 0.29) is 12.5 Å². The molecule has 1 aliphatic rings. The molecule has 7 nitrogen and oxygen atoms in total. The predicted molar refractivity (Wildman–Crippen MR) is 129 cm³/mol. The lowest BCUT2D eigenvalue weighted by molar-refractivity contribution is -0.133. The van der Waals surface area contributed by atoms with Crippen LogP contribution >= 0.6 is 0 Å². The number of hydrogen-bond acceptors (Lipinski definition) is 6. The van der Waals surface area contributed by atoms with Crippen molar-refractivity contribution in [3.63, 3.8) is 0 Å². The Hall–Kier alpha value is -3.61. The summed E-state index contributed by atoms with van der Waals surface area (Å²) in [4.78, 5) is 16.7. The van der Waals surface area contributed by atoms with Crippen LogP contribution in [0.25, 0.3) is 11.3 Å². The molecule has 1 aromatic heterocycles. The molecule has 0 bridgehead atoms. The SMILES string of the molecule is COc1ccc(-c2ccc(N3CCN(C(=O)COc4c(C)cc(C)cc4C)CC3)nn2)cc1. The molecule has 0 radical (unpaired) electrons. The lowest BCUT2D eigenvalue weighted by atomic mass is 10.1. The first-order valence-electron chi connectivity index (χ1n) is 11.2. The summed E-state index contributed by atoms with van der Waals surface area (Å²) in [5.74, 6) is 2.45. The van der Waals surface area contributed by atoms with Gasteiger partial charge in [-0.25, -0.2) is 0 Å². The Morgan fingerprint density at radius 2 is 1.58 bits per heavy atom. The normalized spacial score (nSPS) is 13.7. The van der Waals surface area contributed by atoms with Crippen molar-refractivity contribution in [2.45, 2.75) is 20.8 Å². The quantitative estimate of drug-likeness (QED) is 0.574. The van der Waals surface area contributed by atoms with E-state index in [9.17, 15) is 4.79 Å². The summed E-state index contributed by atoms with van der Waals surface area (Å²) in [5, 5.41) is 8.80. The zero-order valence-electron chi connectivity index (χ0n) is 19.7. The van der Waals surface area contributed by atoms with E-state index < -0.39 is 0 Å². The molecule has 0 atom stereocenters. The van der Waals surface area contributed by atoms with Crippen molar-refractivity contribution in [3.8, 4) is 22.8 Å². The van der Waals surface area contributed by atoms with E-state index in [4.69, 9.17) is 9.47 Å². The zero-order valence-corrected chi connectivity index (χ0v) is 19.7. The van der Waals surface area contributed by atoms with Gasteiger partial charge in [0.05, 0.1) is 12.8 Å². The molecule has 1 amide bonds. The number of amides is 1. The van der Waals surface area contributed by atoms with Crippen molar-refractivity contribution in [2.75, 3.05) is 44.8 Å². The molecule has 1 aliphatic heterocycles. The topological polar surface area (TPSA) is 67.8 Å². The van der Waals surface area contributed by atoms with Gasteiger partial charge in [-0.1, -0.05) is 17.7 Å². The van der Waals surface area contributed by atoms with Gasteiger partial charge in [0, 0.05) is 31.7 Å². The first kappa shape index (κ1) is 22.6. The van der Waals surface area contributed by atoms with Gasteiger partial charge < -0.3 is 19.3 Å².